The zero-order valence-electron chi connectivity index (χ0n) is 22.7. The molecule has 5 aromatic rings. The lowest BCUT2D eigenvalue weighted by Crippen LogP contribution is -2.15. The molecule has 0 atom stereocenters. The summed E-state index contributed by atoms with van der Waals surface area (Å²) >= 11 is 0. The summed E-state index contributed by atoms with van der Waals surface area (Å²) in [7, 11) is 0. The molecule has 2 aromatic heterocycles. The molecule has 12 nitrogen and oxygen atoms in total. The van der Waals surface area contributed by atoms with E-state index in [-0.39, 0.29) is 36.0 Å². The molecule has 0 radical (unpaired) electrons. The molecule has 42 heavy (non-hydrogen) atoms. The number of fused-ring (bicyclic) bond motifs is 1. The SMILES string of the molecule is CCOc1nc2cccc(C(=O)OCc3oc(=O)oc3C)c2n1Cc1ccc(-c2ccccc2/C(N)=N/OC=O)cc1. The first-order chi connectivity index (χ1) is 20.4. The summed E-state index contributed by atoms with van der Waals surface area (Å²) in [6.07, 6.45) is 0. The highest BCUT2D eigenvalue weighted by Crippen LogP contribution is 2.29. The number of hydrogen-bond acceptors (Lipinski definition) is 10. The topological polar surface area (TPSA) is 161 Å². The van der Waals surface area contributed by atoms with Gasteiger partial charge in [-0.1, -0.05) is 59.8 Å². The Kier molecular flexibility index (Phi) is 8.14. The van der Waals surface area contributed by atoms with Crippen LogP contribution in [0.4, 0.5) is 0 Å². The number of esters is 1. The number of carbonyl (C=O) groups is 2. The van der Waals surface area contributed by atoms with Crippen LogP contribution in [0.15, 0.2) is 85.5 Å². The molecule has 2 heterocycles. The molecule has 0 aliphatic carbocycles. The zero-order chi connectivity index (χ0) is 29.6. The summed E-state index contributed by atoms with van der Waals surface area (Å²) in [6, 6.07) is 20.6. The van der Waals surface area contributed by atoms with E-state index in [1.54, 1.807) is 31.2 Å². The van der Waals surface area contributed by atoms with Crippen molar-refractivity contribution in [1.29, 1.82) is 0 Å². The Morgan fingerprint density at radius 3 is 2.52 bits per heavy atom. The fourth-order valence-electron chi connectivity index (χ4n) is 4.49. The third-order valence-corrected chi connectivity index (χ3v) is 6.40. The summed E-state index contributed by atoms with van der Waals surface area (Å²) in [5.74, 6) is -1.05. The summed E-state index contributed by atoms with van der Waals surface area (Å²) in [5.41, 5.74) is 10.6. The maximum absolute atomic E-state index is 13.2. The van der Waals surface area contributed by atoms with Crippen molar-refractivity contribution in [1.82, 2.24) is 9.55 Å². The van der Waals surface area contributed by atoms with Crippen LogP contribution >= 0.6 is 0 Å². The molecule has 0 saturated heterocycles. The van der Waals surface area contributed by atoms with Gasteiger partial charge < -0.3 is 28.9 Å². The maximum Gasteiger partial charge on any atom is 0.519 e. The Labute approximate surface area is 238 Å². The van der Waals surface area contributed by atoms with Gasteiger partial charge in [0.25, 0.3) is 6.01 Å². The van der Waals surface area contributed by atoms with Crippen LogP contribution in [0.25, 0.3) is 22.2 Å². The number of imidazole rings is 1. The number of nitrogens with two attached hydrogens (primary N) is 1. The van der Waals surface area contributed by atoms with Gasteiger partial charge in [-0.05, 0) is 42.7 Å². The van der Waals surface area contributed by atoms with Crippen LogP contribution < -0.4 is 16.3 Å². The summed E-state index contributed by atoms with van der Waals surface area (Å²) in [5, 5.41) is 3.62. The molecule has 0 fully saturated rings. The van der Waals surface area contributed by atoms with E-state index in [1.165, 1.54) is 0 Å². The molecule has 0 amide bonds. The number of hydrogen-bond donors (Lipinski definition) is 1. The molecular formula is C30H26N4O8. The van der Waals surface area contributed by atoms with Gasteiger partial charge in [0.2, 0.25) is 0 Å². The van der Waals surface area contributed by atoms with E-state index >= 15 is 0 Å². The number of amidine groups is 1. The van der Waals surface area contributed by atoms with Crippen LogP contribution in [-0.2, 0) is 27.5 Å². The first kappa shape index (κ1) is 27.9. The predicted molar refractivity (Wildman–Crippen MR) is 151 cm³/mol. The third kappa shape index (κ3) is 5.77. The number of benzene rings is 3. The summed E-state index contributed by atoms with van der Waals surface area (Å²) < 4.78 is 22.8. The van der Waals surface area contributed by atoms with E-state index in [4.69, 9.17) is 24.0 Å². The lowest BCUT2D eigenvalue weighted by atomic mass is 9.98. The predicted octanol–water partition coefficient (Wildman–Crippen LogP) is 4.16. The third-order valence-electron chi connectivity index (χ3n) is 6.40. The van der Waals surface area contributed by atoms with E-state index in [9.17, 15) is 14.4 Å². The van der Waals surface area contributed by atoms with Gasteiger partial charge in [0.05, 0.1) is 29.7 Å². The van der Waals surface area contributed by atoms with Crippen LogP contribution in [0.3, 0.4) is 0 Å². The molecule has 214 valence electrons. The molecule has 0 aliphatic rings. The highest BCUT2D eigenvalue weighted by atomic mass is 16.7. The van der Waals surface area contributed by atoms with Crippen LogP contribution in [0.1, 0.15) is 39.9 Å². The second-order valence-corrected chi connectivity index (χ2v) is 9.02. The second kappa shape index (κ2) is 12.3. The van der Waals surface area contributed by atoms with Gasteiger partial charge in [0.1, 0.15) is 0 Å². The number of carbonyl (C=O) groups excluding carboxylic acids is 2. The van der Waals surface area contributed by atoms with Gasteiger partial charge in [0, 0.05) is 5.56 Å². The largest absolute Gasteiger partial charge is 0.519 e. The molecule has 5 rings (SSSR count). The second-order valence-electron chi connectivity index (χ2n) is 9.02. The number of ether oxygens (including phenoxy) is 2. The molecule has 2 N–H and O–H groups in total. The maximum atomic E-state index is 13.2. The van der Waals surface area contributed by atoms with Gasteiger partial charge in [-0.2, -0.15) is 4.98 Å². The molecule has 0 bridgehead atoms. The molecule has 3 aromatic carbocycles. The number of oxime groups is 1. The van der Waals surface area contributed by atoms with Gasteiger partial charge in [0.15, 0.2) is 24.0 Å². The van der Waals surface area contributed by atoms with Gasteiger partial charge in [-0.15, -0.1) is 0 Å². The standard InChI is InChI=1S/C30H26N4O8/c1-3-38-29-32-24-10-6-9-23(28(36)39-16-25-18(2)41-30(37)42-25)26(24)34(29)15-19-11-13-20(14-12-19)21-7-4-5-8-22(21)27(31)33-40-17-35/h4-14,17H,3,15-16H2,1-2H3,(H2,31,33). The van der Waals surface area contributed by atoms with Crippen molar-refractivity contribution in [3.8, 4) is 17.1 Å². The van der Waals surface area contributed by atoms with E-state index in [2.05, 4.69) is 15.0 Å². The van der Waals surface area contributed by atoms with Gasteiger partial charge in [-0.3, -0.25) is 9.36 Å². The van der Waals surface area contributed by atoms with E-state index < -0.39 is 11.8 Å². The minimum absolute atomic E-state index is 0.0671. The van der Waals surface area contributed by atoms with Crippen molar-refractivity contribution in [3.05, 3.63) is 106 Å². The fourth-order valence-corrected chi connectivity index (χ4v) is 4.49. The van der Waals surface area contributed by atoms with Crippen LogP contribution in [0, 0.1) is 6.92 Å². The summed E-state index contributed by atoms with van der Waals surface area (Å²) in [6.45, 7) is 4.04. The lowest BCUT2D eigenvalue weighted by molar-refractivity contribution is -0.128. The van der Waals surface area contributed by atoms with Crippen LogP contribution in [0.5, 0.6) is 6.01 Å². The number of aromatic nitrogens is 2. The normalized spacial score (nSPS) is 11.4. The lowest BCUT2D eigenvalue weighted by Gasteiger charge is -2.13. The molecule has 0 saturated carbocycles. The van der Waals surface area contributed by atoms with Crippen molar-refractivity contribution in [2.75, 3.05) is 6.61 Å². The Hall–Kier alpha value is -5.65. The van der Waals surface area contributed by atoms with Crippen molar-refractivity contribution in [2.45, 2.75) is 27.0 Å². The van der Waals surface area contributed by atoms with E-state index in [1.807, 2.05) is 54.0 Å². The summed E-state index contributed by atoms with van der Waals surface area (Å²) in [4.78, 5) is 44.1. The highest BCUT2D eigenvalue weighted by Gasteiger charge is 2.21. The van der Waals surface area contributed by atoms with Gasteiger partial charge in [-0.25, -0.2) is 9.59 Å². The molecule has 0 aliphatic heterocycles. The smallest absolute Gasteiger partial charge is 0.465 e. The van der Waals surface area contributed by atoms with E-state index in [0.717, 1.165) is 16.7 Å². The number of rotatable bonds is 11. The molecule has 0 unspecified atom stereocenters. The van der Waals surface area contributed by atoms with Crippen molar-refractivity contribution in [3.63, 3.8) is 0 Å². The quantitative estimate of drug-likeness (QED) is 0.0610. The molecular weight excluding hydrogens is 544 g/mol. The molecule has 12 heteroatoms. The Balaban J connectivity index is 1.46. The zero-order valence-corrected chi connectivity index (χ0v) is 22.7. The first-order valence-corrected chi connectivity index (χ1v) is 12.9. The number of para-hydroxylation sites is 1. The van der Waals surface area contributed by atoms with Crippen molar-refractivity contribution < 1.29 is 32.7 Å². The Bertz CT molecular complexity index is 1830. The van der Waals surface area contributed by atoms with Gasteiger partial charge >= 0.3 is 18.3 Å². The monoisotopic (exact) mass is 570 g/mol. The Morgan fingerprint density at radius 1 is 1.05 bits per heavy atom. The minimum atomic E-state index is -0.863. The average molecular weight is 571 g/mol. The van der Waals surface area contributed by atoms with Crippen LogP contribution in [0.2, 0.25) is 0 Å². The van der Waals surface area contributed by atoms with Crippen LogP contribution in [-0.4, -0.2) is 34.4 Å². The van der Waals surface area contributed by atoms with Crippen molar-refractivity contribution >= 4 is 29.3 Å². The Morgan fingerprint density at radius 2 is 1.81 bits per heavy atom. The fraction of sp³-hybridized carbons (Fsp3) is 0.167. The highest BCUT2D eigenvalue weighted by molar-refractivity contribution is 6.03. The van der Waals surface area contributed by atoms with Crippen molar-refractivity contribution in [2.24, 2.45) is 10.9 Å². The number of aryl methyl sites for hydroxylation is 1. The van der Waals surface area contributed by atoms with E-state index in [0.29, 0.717) is 35.8 Å². The minimum Gasteiger partial charge on any atom is -0.465 e. The molecule has 0 spiro atoms. The first-order valence-electron chi connectivity index (χ1n) is 12.9. The average Bonchev–Trinajstić information content (AvgIpc) is 3.52. The number of nitrogens with zero attached hydrogens (tertiary/aromatic N) is 3.